The zero-order chi connectivity index (χ0) is 27.7. The van der Waals surface area contributed by atoms with Gasteiger partial charge in [0.05, 0.1) is 64.5 Å². The van der Waals surface area contributed by atoms with Gasteiger partial charge in [0.15, 0.2) is 5.65 Å². The molecule has 0 fully saturated rings. The molecule has 1 atom stereocenters. The summed E-state index contributed by atoms with van der Waals surface area (Å²) < 4.78 is 43.5. The number of amides is 1. The van der Waals surface area contributed by atoms with E-state index in [2.05, 4.69) is 30.8 Å². The Morgan fingerprint density at radius 2 is 1.92 bits per heavy atom. The summed E-state index contributed by atoms with van der Waals surface area (Å²) in [5, 5.41) is 32.4. The number of nitrogens with one attached hydrogen (secondary N) is 2. The molecule has 11 nitrogen and oxygen atoms in total. The fourth-order valence-corrected chi connectivity index (χ4v) is 3.48. The second-order valence-corrected chi connectivity index (χ2v) is 9.35. The Kier molecular flexibility index (Phi) is 7.05. The number of nitriles is 1. The van der Waals surface area contributed by atoms with Gasteiger partial charge < -0.3 is 15.7 Å². The molecule has 0 spiro atoms. The first-order valence-corrected chi connectivity index (χ1v) is 11.4. The Labute approximate surface area is 214 Å². The molecular formula is C24H24F3N9O2. The van der Waals surface area contributed by atoms with Crippen molar-refractivity contribution in [3.8, 4) is 17.3 Å². The predicted octanol–water partition coefficient (Wildman–Crippen LogP) is 3.10. The first-order chi connectivity index (χ1) is 17.8. The van der Waals surface area contributed by atoms with Crippen molar-refractivity contribution in [3.63, 3.8) is 0 Å². The molecule has 0 aliphatic heterocycles. The first kappa shape index (κ1) is 26.6. The summed E-state index contributed by atoms with van der Waals surface area (Å²) in [5.41, 5.74) is 0.485. The van der Waals surface area contributed by atoms with E-state index in [0.29, 0.717) is 28.2 Å². The molecule has 0 aliphatic rings. The highest BCUT2D eigenvalue weighted by atomic mass is 19.3. The van der Waals surface area contributed by atoms with Crippen molar-refractivity contribution in [2.24, 2.45) is 0 Å². The van der Waals surface area contributed by atoms with Crippen LogP contribution in [0.15, 0.2) is 43.2 Å². The molecule has 4 rings (SSSR count). The molecule has 0 saturated carbocycles. The van der Waals surface area contributed by atoms with Gasteiger partial charge in [0.1, 0.15) is 18.8 Å². The van der Waals surface area contributed by atoms with E-state index in [1.807, 2.05) is 6.07 Å². The molecule has 1 amide bonds. The maximum Gasteiger partial charge on any atom is 0.264 e. The third-order valence-corrected chi connectivity index (χ3v) is 5.47. The number of aliphatic hydroxyl groups is 1. The van der Waals surface area contributed by atoms with Crippen LogP contribution in [0, 0.1) is 11.3 Å². The minimum Gasteiger partial charge on any atom is -0.387 e. The monoisotopic (exact) mass is 527 g/mol. The van der Waals surface area contributed by atoms with Gasteiger partial charge in [-0.2, -0.15) is 15.5 Å². The van der Waals surface area contributed by atoms with E-state index in [9.17, 15) is 23.1 Å². The number of carbonyl (C=O) groups excluding carboxylic acids is 1. The number of hydrogen-bond acceptors (Lipinski definition) is 8. The second-order valence-electron chi connectivity index (χ2n) is 9.35. The number of hydrogen-bond donors (Lipinski definition) is 3. The van der Waals surface area contributed by atoms with Crippen molar-refractivity contribution in [3.05, 3.63) is 54.4 Å². The molecule has 38 heavy (non-hydrogen) atoms. The fourth-order valence-electron chi connectivity index (χ4n) is 3.48. The third kappa shape index (κ3) is 6.06. The molecule has 4 heterocycles. The normalized spacial score (nSPS) is 12.8. The number of fused-ring (bicyclic) bond motifs is 1. The second kappa shape index (κ2) is 10.1. The van der Waals surface area contributed by atoms with Gasteiger partial charge in [-0.3, -0.25) is 14.5 Å². The SMILES string of the molecule is CC(F)(F)Cn1cc(Nc2cc(-c3cnn4cc(C#N)cnc34)ncc2C(=O)NC[C@@H](F)C(C)(C)O)cn1. The van der Waals surface area contributed by atoms with Crippen LogP contribution in [0.25, 0.3) is 16.9 Å². The zero-order valence-electron chi connectivity index (χ0n) is 20.7. The quantitative estimate of drug-likeness (QED) is 0.301. The van der Waals surface area contributed by atoms with Crippen LogP contribution in [-0.4, -0.2) is 64.6 Å². The first-order valence-electron chi connectivity index (χ1n) is 11.4. The summed E-state index contributed by atoms with van der Waals surface area (Å²) in [4.78, 5) is 21.5. The van der Waals surface area contributed by atoms with E-state index in [1.54, 1.807) is 0 Å². The lowest BCUT2D eigenvalue weighted by atomic mass is 10.0. The number of pyridine rings is 1. The lowest BCUT2D eigenvalue weighted by Crippen LogP contribution is -2.42. The molecule has 0 radical (unpaired) electrons. The highest BCUT2D eigenvalue weighted by Gasteiger charge is 2.27. The highest BCUT2D eigenvalue weighted by Crippen LogP contribution is 2.28. The van der Waals surface area contributed by atoms with Crippen molar-refractivity contribution < 1.29 is 23.1 Å². The lowest BCUT2D eigenvalue weighted by Gasteiger charge is -2.22. The van der Waals surface area contributed by atoms with Gasteiger partial charge in [0.2, 0.25) is 0 Å². The molecule has 0 unspecified atom stereocenters. The van der Waals surface area contributed by atoms with Crippen molar-refractivity contribution in [1.82, 2.24) is 34.7 Å². The molecule has 198 valence electrons. The van der Waals surface area contributed by atoms with Gasteiger partial charge in [0, 0.05) is 25.5 Å². The van der Waals surface area contributed by atoms with Gasteiger partial charge in [0.25, 0.3) is 11.8 Å². The van der Waals surface area contributed by atoms with Crippen LogP contribution in [0.3, 0.4) is 0 Å². The van der Waals surface area contributed by atoms with E-state index < -0.39 is 36.7 Å². The van der Waals surface area contributed by atoms with E-state index in [4.69, 9.17) is 5.26 Å². The topological polar surface area (TPSA) is 146 Å². The van der Waals surface area contributed by atoms with Gasteiger partial charge in [-0.1, -0.05) is 0 Å². The Balaban J connectivity index is 1.69. The number of aromatic nitrogens is 6. The molecule has 0 aromatic carbocycles. The lowest BCUT2D eigenvalue weighted by molar-refractivity contribution is -0.00187. The standard InChI is InChI=1S/C24H24F3N9O2/c1-23(2,38)20(25)10-31-22(37)17-8-29-18(16-9-33-36-11-14(5-28)6-30-21(16)36)4-19(17)34-15-7-32-35(12-15)13-24(3,26)27/h4,6-9,11-12,20,38H,10,13H2,1-3H3,(H,29,34)(H,31,37)/t20-/m1/s1. The predicted molar refractivity (Wildman–Crippen MR) is 131 cm³/mol. The fraction of sp³-hybridized carbons (Fsp3) is 0.333. The number of alkyl halides is 3. The van der Waals surface area contributed by atoms with Crippen LogP contribution in [0.1, 0.15) is 36.7 Å². The summed E-state index contributed by atoms with van der Waals surface area (Å²) in [7, 11) is 0. The Hall–Kier alpha value is -4.51. The average molecular weight is 528 g/mol. The molecule has 3 N–H and O–H groups in total. The maximum absolute atomic E-state index is 14.2. The summed E-state index contributed by atoms with van der Waals surface area (Å²) in [6.07, 6.45) is 6.59. The van der Waals surface area contributed by atoms with Gasteiger partial charge in [-0.25, -0.2) is 22.7 Å². The minimum absolute atomic E-state index is 0.0291. The molecule has 0 saturated heterocycles. The van der Waals surface area contributed by atoms with Crippen LogP contribution in [-0.2, 0) is 6.54 Å². The van der Waals surface area contributed by atoms with Crippen LogP contribution in [0.4, 0.5) is 24.5 Å². The highest BCUT2D eigenvalue weighted by molar-refractivity contribution is 6.00. The van der Waals surface area contributed by atoms with Crippen LogP contribution in [0.2, 0.25) is 0 Å². The van der Waals surface area contributed by atoms with Gasteiger partial charge in [-0.05, 0) is 19.9 Å². The number of halogens is 3. The molecule has 0 bridgehead atoms. The molecule has 0 aliphatic carbocycles. The van der Waals surface area contributed by atoms with Crippen molar-refractivity contribution in [2.45, 2.75) is 45.0 Å². The molecule has 4 aromatic heterocycles. The summed E-state index contributed by atoms with van der Waals surface area (Å²) in [5.74, 6) is -3.66. The van der Waals surface area contributed by atoms with Crippen LogP contribution >= 0.6 is 0 Å². The van der Waals surface area contributed by atoms with Crippen LogP contribution in [0.5, 0.6) is 0 Å². The Morgan fingerprint density at radius 3 is 2.61 bits per heavy atom. The maximum atomic E-state index is 14.2. The Morgan fingerprint density at radius 1 is 1.16 bits per heavy atom. The zero-order valence-corrected chi connectivity index (χ0v) is 20.7. The summed E-state index contributed by atoms with van der Waals surface area (Å²) >= 11 is 0. The van der Waals surface area contributed by atoms with Gasteiger partial charge >= 0.3 is 0 Å². The Bertz CT molecular complexity index is 1510. The third-order valence-electron chi connectivity index (χ3n) is 5.47. The van der Waals surface area contributed by atoms with Crippen molar-refractivity contribution in [1.29, 1.82) is 5.26 Å². The van der Waals surface area contributed by atoms with E-state index in [1.165, 1.54) is 61.6 Å². The number of carbonyl (C=O) groups is 1. The summed E-state index contributed by atoms with van der Waals surface area (Å²) in [6, 6.07) is 3.51. The number of rotatable bonds is 9. The molecule has 14 heteroatoms. The minimum atomic E-state index is -2.98. The van der Waals surface area contributed by atoms with Crippen molar-refractivity contribution >= 4 is 22.9 Å². The molecular weight excluding hydrogens is 503 g/mol. The number of nitrogens with zero attached hydrogens (tertiary/aromatic N) is 7. The van der Waals surface area contributed by atoms with Crippen LogP contribution < -0.4 is 10.6 Å². The largest absolute Gasteiger partial charge is 0.387 e. The van der Waals surface area contributed by atoms with E-state index in [0.717, 1.165) is 11.6 Å². The average Bonchev–Trinajstić information content (AvgIpc) is 3.46. The van der Waals surface area contributed by atoms with E-state index in [-0.39, 0.29) is 11.3 Å². The summed E-state index contributed by atoms with van der Waals surface area (Å²) in [6.45, 7) is 2.25. The smallest absolute Gasteiger partial charge is 0.264 e. The van der Waals surface area contributed by atoms with E-state index >= 15 is 0 Å². The van der Waals surface area contributed by atoms with Crippen molar-refractivity contribution in [2.75, 3.05) is 11.9 Å². The number of anilines is 2. The van der Waals surface area contributed by atoms with Gasteiger partial charge in [-0.15, -0.1) is 0 Å². The molecule has 4 aromatic rings.